The number of nitrogen functional groups attached to an aromatic ring is 1. The summed E-state index contributed by atoms with van der Waals surface area (Å²) in [5.74, 6) is 6.64. The van der Waals surface area contributed by atoms with Crippen LogP contribution < -0.4 is 11.3 Å². The Morgan fingerprint density at radius 2 is 2.35 bits per heavy atom. The predicted molar refractivity (Wildman–Crippen MR) is 64.2 cm³/mol. The summed E-state index contributed by atoms with van der Waals surface area (Å²) in [6.45, 7) is 0.917. The molecule has 1 aromatic rings. The molecule has 1 aromatic heterocycles. The number of anilines is 1. The number of nitrogens with one attached hydrogen (secondary N) is 1. The van der Waals surface area contributed by atoms with Gasteiger partial charge in [0.25, 0.3) is 5.91 Å². The second-order valence-electron chi connectivity index (χ2n) is 4.87. The Balaban J connectivity index is 1.77. The van der Waals surface area contributed by atoms with Gasteiger partial charge in [0.1, 0.15) is 5.82 Å². The second kappa shape index (κ2) is 4.00. The zero-order valence-corrected chi connectivity index (χ0v) is 9.60. The van der Waals surface area contributed by atoms with Crippen LogP contribution in [0.3, 0.4) is 0 Å². The highest BCUT2D eigenvalue weighted by Gasteiger charge is 2.40. The number of carbonyl (C=O) groups excluding carboxylic acids is 1. The van der Waals surface area contributed by atoms with Gasteiger partial charge in [0.05, 0.1) is 5.56 Å². The molecular weight excluding hydrogens is 216 g/mol. The minimum absolute atomic E-state index is 0.105. The van der Waals surface area contributed by atoms with E-state index in [9.17, 15) is 4.79 Å². The van der Waals surface area contributed by atoms with Gasteiger partial charge in [0, 0.05) is 18.8 Å². The van der Waals surface area contributed by atoms with Crippen molar-refractivity contribution in [2.45, 2.75) is 25.3 Å². The molecule has 1 aliphatic carbocycles. The molecule has 0 radical (unpaired) electrons. The van der Waals surface area contributed by atoms with Crippen LogP contribution in [0.25, 0.3) is 0 Å². The van der Waals surface area contributed by atoms with E-state index in [1.807, 2.05) is 4.90 Å². The van der Waals surface area contributed by atoms with Crippen molar-refractivity contribution in [2.75, 3.05) is 12.0 Å². The average Bonchev–Trinajstić information content (AvgIpc) is 3.00. The summed E-state index contributed by atoms with van der Waals surface area (Å²) in [7, 11) is 0. The first-order valence-electron chi connectivity index (χ1n) is 6.01. The molecule has 90 valence electrons. The molecule has 2 fully saturated rings. The Morgan fingerprint density at radius 1 is 1.47 bits per heavy atom. The fraction of sp³-hybridized carbons (Fsp3) is 0.500. The highest BCUT2D eigenvalue weighted by molar-refractivity contribution is 5.94. The molecule has 0 aromatic carbocycles. The number of likely N-dealkylation sites (tertiary alicyclic amines) is 1. The smallest absolute Gasteiger partial charge is 0.255 e. The van der Waals surface area contributed by atoms with Crippen LogP contribution in [0.5, 0.6) is 0 Å². The second-order valence-corrected chi connectivity index (χ2v) is 4.87. The number of aromatic nitrogens is 1. The fourth-order valence-corrected chi connectivity index (χ4v) is 2.95. The van der Waals surface area contributed by atoms with E-state index in [2.05, 4.69) is 10.4 Å². The van der Waals surface area contributed by atoms with Crippen molar-refractivity contribution in [3.8, 4) is 0 Å². The SMILES string of the molecule is NNc1ccc(C(=O)N2CC3CCC2C3)cn1. The van der Waals surface area contributed by atoms with Crippen molar-refractivity contribution in [1.82, 2.24) is 9.88 Å². The third kappa shape index (κ3) is 1.76. The maximum absolute atomic E-state index is 12.3. The normalized spacial score (nSPS) is 26.3. The van der Waals surface area contributed by atoms with Gasteiger partial charge >= 0.3 is 0 Å². The average molecular weight is 232 g/mol. The zero-order valence-electron chi connectivity index (χ0n) is 9.60. The number of hydrogen-bond donors (Lipinski definition) is 2. The molecule has 1 saturated heterocycles. The summed E-state index contributed by atoms with van der Waals surface area (Å²) in [6.07, 6.45) is 5.21. The Bertz CT molecular complexity index is 431. The van der Waals surface area contributed by atoms with Gasteiger partial charge in [-0.1, -0.05) is 0 Å². The van der Waals surface area contributed by atoms with E-state index < -0.39 is 0 Å². The van der Waals surface area contributed by atoms with Crippen LogP contribution in [0, 0.1) is 5.92 Å². The number of nitrogens with two attached hydrogens (primary N) is 1. The maximum Gasteiger partial charge on any atom is 0.255 e. The van der Waals surface area contributed by atoms with Gasteiger partial charge in [-0.15, -0.1) is 0 Å². The van der Waals surface area contributed by atoms with E-state index in [1.165, 1.54) is 12.8 Å². The van der Waals surface area contributed by atoms with Crippen LogP contribution in [0.4, 0.5) is 5.82 Å². The lowest BCUT2D eigenvalue weighted by Gasteiger charge is -2.26. The molecule has 1 saturated carbocycles. The highest BCUT2D eigenvalue weighted by Crippen LogP contribution is 2.37. The minimum Gasteiger partial charge on any atom is -0.335 e. The van der Waals surface area contributed by atoms with Gasteiger partial charge in [-0.05, 0) is 37.3 Å². The molecule has 3 N–H and O–H groups in total. The molecule has 1 aliphatic heterocycles. The van der Waals surface area contributed by atoms with Crippen LogP contribution >= 0.6 is 0 Å². The number of pyridine rings is 1. The van der Waals surface area contributed by atoms with Gasteiger partial charge in [0.15, 0.2) is 0 Å². The maximum atomic E-state index is 12.3. The predicted octanol–water partition coefficient (Wildman–Crippen LogP) is 0.992. The summed E-state index contributed by atoms with van der Waals surface area (Å²) in [5, 5.41) is 0. The number of fused-ring (bicyclic) bond motifs is 2. The quantitative estimate of drug-likeness (QED) is 0.589. The fourth-order valence-electron chi connectivity index (χ4n) is 2.95. The summed E-state index contributed by atoms with van der Waals surface area (Å²) >= 11 is 0. The Hall–Kier alpha value is -1.62. The Labute approximate surface area is 100.0 Å². The molecule has 2 bridgehead atoms. The first-order valence-corrected chi connectivity index (χ1v) is 6.01. The lowest BCUT2D eigenvalue weighted by molar-refractivity contribution is 0.0703. The van der Waals surface area contributed by atoms with Gasteiger partial charge in [-0.3, -0.25) is 4.79 Å². The van der Waals surface area contributed by atoms with Crippen LogP contribution in [0.2, 0.25) is 0 Å². The monoisotopic (exact) mass is 232 g/mol. The Kier molecular flexibility index (Phi) is 2.48. The minimum atomic E-state index is 0.105. The van der Waals surface area contributed by atoms with Crippen LogP contribution in [0.1, 0.15) is 29.6 Å². The number of nitrogens with zero attached hydrogens (tertiary/aromatic N) is 2. The third-order valence-electron chi connectivity index (χ3n) is 3.83. The van der Waals surface area contributed by atoms with E-state index in [0.29, 0.717) is 17.4 Å². The Morgan fingerprint density at radius 3 is 2.88 bits per heavy atom. The van der Waals surface area contributed by atoms with Gasteiger partial charge in [-0.2, -0.15) is 0 Å². The van der Waals surface area contributed by atoms with Crippen molar-refractivity contribution in [3.63, 3.8) is 0 Å². The van der Waals surface area contributed by atoms with Crippen LogP contribution in [0.15, 0.2) is 18.3 Å². The van der Waals surface area contributed by atoms with Crippen molar-refractivity contribution < 1.29 is 4.79 Å². The molecule has 2 aliphatic rings. The number of rotatable bonds is 2. The van der Waals surface area contributed by atoms with Gasteiger partial charge in [0.2, 0.25) is 0 Å². The number of piperidine rings is 1. The summed E-state index contributed by atoms with van der Waals surface area (Å²) < 4.78 is 0. The topological polar surface area (TPSA) is 71.2 Å². The molecule has 0 spiro atoms. The molecule has 2 atom stereocenters. The molecule has 3 rings (SSSR count). The third-order valence-corrected chi connectivity index (χ3v) is 3.83. The van der Waals surface area contributed by atoms with E-state index in [4.69, 9.17) is 5.84 Å². The van der Waals surface area contributed by atoms with Crippen molar-refractivity contribution in [2.24, 2.45) is 11.8 Å². The van der Waals surface area contributed by atoms with Gasteiger partial charge < -0.3 is 10.3 Å². The molecular formula is C12H16N4O. The molecule has 5 nitrogen and oxygen atoms in total. The number of carbonyl (C=O) groups is 1. The van der Waals surface area contributed by atoms with E-state index in [-0.39, 0.29) is 5.91 Å². The largest absolute Gasteiger partial charge is 0.335 e. The molecule has 5 heteroatoms. The molecule has 1 amide bonds. The van der Waals surface area contributed by atoms with Crippen LogP contribution in [-0.4, -0.2) is 28.4 Å². The van der Waals surface area contributed by atoms with E-state index in [0.717, 1.165) is 18.9 Å². The van der Waals surface area contributed by atoms with Crippen molar-refractivity contribution in [3.05, 3.63) is 23.9 Å². The number of hydrazine groups is 1. The van der Waals surface area contributed by atoms with Crippen molar-refractivity contribution >= 4 is 11.7 Å². The number of amides is 1. The van der Waals surface area contributed by atoms with Gasteiger partial charge in [-0.25, -0.2) is 10.8 Å². The molecule has 2 heterocycles. The first-order chi connectivity index (χ1) is 8.28. The first kappa shape index (κ1) is 10.5. The van der Waals surface area contributed by atoms with Crippen LogP contribution in [-0.2, 0) is 0 Å². The number of hydrogen-bond acceptors (Lipinski definition) is 4. The van der Waals surface area contributed by atoms with E-state index >= 15 is 0 Å². The summed E-state index contributed by atoms with van der Waals surface area (Å²) in [6, 6.07) is 3.96. The molecule has 2 unspecified atom stereocenters. The molecule has 17 heavy (non-hydrogen) atoms. The summed E-state index contributed by atoms with van der Waals surface area (Å²) in [4.78, 5) is 18.3. The van der Waals surface area contributed by atoms with Crippen molar-refractivity contribution in [1.29, 1.82) is 0 Å². The lowest BCUT2D eigenvalue weighted by atomic mass is 10.1. The zero-order chi connectivity index (χ0) is 11.8. The highest BCUT2D eigenvalue weighted by atomic mass is 16.2. The lowest BCUT2D eigenvalue weighted by Crippen LogP contribution is -2.37. The van der Waals surface area contributed by atoms with E-state index in [1.54, 1.807) is 18.3 Å². The summed E-state index contributed by atoms with van der Waals surface area (Å²) in [5.41, 5.74) is 3.10. The standard InChI is InChI=1S/C12H16N4O/c13-15-11-4-2-9(6-14-11)12(17)16-7-8-1-3-10(16)5-8/h2,4,6,8,10H,1,3,5,7,13H2,(H,14,15).